The van der Waals surface area contributed by atoms with Crippen molar-refractivity contribution in [3.05, 3.63) is 34.1 Å². The van der Waals surface area contributed by atoms with Gasteiger partial charge >= 0.3 is 0 Å². The summed E-state index contributed by atoms with van der Waals surface area (Å²) < 4.78 is 1.23. The molecule has 3 heteroatoms. The fourth-order valence-electron chi connectivity index (χ4n) is 2.06. The Morgan fingerprint density at radius 3 is 2.19 bits per heavy atom. The molecule has 2 aliphatic rings. The Labute approximate surface area is 104 Å². The molecule has 0 atom stereocenters. The van der Waals surface area contributed by atoms with Crippen LogP contribution in [0.4, 0.5) is 0 Å². The Balaban J connectivity index is 1.94. The Morgan fingerprint density at radius 2 is 1.56 bits per heavy atom. The van der Waals surface area contributed by atoms with Crippen LogP contribution in [0.15, 0.2) is 43.9 Å². The molecule has 1 aromatic carbocycles. The normalized spacial score (nSPS) is 20.1. The molecule has 1 nitrogen and oxygen atoms in total. The fraction of sp³-hybridized carbons (Fsp3) is 0.308. The van der Waals surface area contributed by atoms with Gasteiger partial charge in [-0.2, -0.15) is 0 Å². The van der Waals surface area contributed by atoms with Gasteiger partial charge in [-0.3, -0.25) is 4.79 Å². The summed E-state index contributed by atoms with van der Waals surface area (Å²) in [6, 6.07) is 8.38. The van der Waals surface area contributed by atoms with Crippen LogP contribution in [-0.2, 0) is 4.79 Å². The van der Waals surface area contributed by atoms with Crippen molar-refractivity contribution >= 4 is 29.3 Å². The van der Waals surface area contributed by atoms with Crippen LogP contribution < -0.4 is 0 Å². The van der Waals surface area contributed by atoms with Crippen molar-refractivity contribution in [2.75, 3.05) is 0 Å². The van der Waals surface area contributed by atoms with Crippen LogP contribution in [0.5, 0.6) is 0 Å². The summed E-state index contributed by atoms with van der Waals surface area (Å²) in [5, 5.41) is 0. The molecule has 16 heavy (non-hydrogen) atoms. The van der Waals surface area contributed by atoms with E-state index in [4.69, 9.17) is 0 Å². The van der Waals surface area contributed by atoms with Crippen molar-refractivity contribution in [2.45, 2.75) is 35.5 Å². The molecule has 1 aromatic rings. The van der Waals surface area contributed by atoms with E-state index in [1.807, 2.05) is 0 Å². The minimum Gasteiger partial charge on any atom is -0.294 e. The first kappa shape index (κ1) is 10.5. The molecule has 82 valence electrons. The van der Waals surface area contributed by atoms with E-state index in [0.717, 1.165) is 24.8 Å². The molecule has 3 rings (SSSR count). The predicted octanol–water partition coefficient (Wildman–Crippen LogP) is 4.24. The number of thioether (sulfide) groups is 2. The van der Waals surface area contributed by atoms with Gasteiger partial charge in [-0.25, -0.2) is 0 Å². The molecule has 1 saturated carbocycles. The lowest BCUT2D eigenvalue weighted by atomic mass is 9.95. The van der Waals surface area contributed by atoms with Gasteiger partial charge in [0.1, 0.15) is 0 Å². The summed E-state index contributed by atoms with van der Waals surface area (Å²) in [7, 11) is 0. The van der Waals surface area contributed by atoms with E-state index in [9.17, 15) is 4.79 Å². The minimum absolute atomic E-state index is 0.369. The van der Waals surface area contributed by atoms with Gasteiger partial charge < -0.3 is 0 Å². The first-order chi connectivity index (χ1) is 7.84. The molecular weight excluding hydrogens is 236 g/mol. The Bertz CT molecular complexity index is 450. The summed E-state index contributed by atoms with van der Waals surface area (Å²) in [5.74, 6) is 0.369. The average Bonchev–Trinajstić information content (AvgIpc) is 2.73. The Morgan fingerprint density at radius 1 is 0.938 bits per heavy atom. The second-order valence-electron chi connectivity index (χ2n) is 4.05. The van der Waals surface area contributed by atoms with Crippen LogP contribution in [0, 0.1) is 0 Å². The lowest BCUT2D eigenvalue weighted by Gasteiger charge is -2.14. The van der Waals surface area contributed by atoms with E-state index in [2.05, 4.69) is 24.3 Å². The van der Waals surface area contributed by atoms with Crippen LogP contribution in [-0.4, -0.2) is 5.78 Å². The van der Waals surface area contributed by atoms with Crippen molar-refractivity contribution in [3.8, 4) is 0 Å². The van der Waals surface area contributed by atoms with Crippen molar-refractivity contribution < 1.29 is 4.79 Å². The molecule has 0 unspecified atom stereocenters. The van der Waals surface area contributed by atoms with Crippen LogP contribution >= 0.6 is 23.5 Å². The molecule has 0 bridgehead atoms. The molecule has 1 heterocycles. The summed E-state index contributed by atoms with van der Waals surface area (Å²) in [4.78, 5) is 14.4. The van der Waals surface area contributed by atoms with Gasteiger partial charge in [-0.15, -0.1) is 0 Å². The number of hydrogen-bond donors (Lipinski definition) is 0. The third kappa shape index (κ3) is 1.82. The number of fused-ring (bicyclic) bond motifs is 1. The van der Waals surface area contributed by atoms with Crippen LogP contribution in [0.2, 0.25) is 0 Å². The van der Waals surface area contributed by atoms with E-state index in [0.29, 0.717) is 5.78 Å². The lowest BCUT2D eigenvalue weighted by Crippen LogP contribution is -2.09. The van der Waals surface area contributed by atoms with Crippen LogP contribution in [0.25, 0.3) is 0 Å². The van der Waals surface area contributed by atoms with Crippen molar-refractivity contribution in [1.29, 1.82) is 0 Å². The maximum absolute atomic E-state index is 11.8. The SMILES string of the molecule is O=C1CCCCC1=C1Sc2ccccc2S1. The number of Topliss-reactive ketones (excluding diaryl/α,β-unsaturated/α-hetero) is 1. The van der Waals surface area contributed by atoms with Gasteiger partial charge in [0.2, 0.25) is 0 Å². The molecule has 0 saturated heterocycles. The van der Waals surface area contributed by atoms with Crippen molar-refractivity contribution in [2.24, 2.45) is 0 Å². The number of rotatable bonds is 0. The van der Waals surface area contributed by atoms with Gasteiger partial charge in [0, 0.05) is 21.8 Å². The van der Waals surface area contributed by atoms with E-state index in [1.54, 1.807) is 23.5 Å². The lowest BCUT2D eigenvalue weighted by molar-refractivity contribution is -0.116. The third-order valence-electron chi connectivity index (χ3n) is 2.92. The van der Waals surface area contributed by atoms with Crippen molar-refractivity contribution in [1.82, 2.24) is 0 Å². The second-order valence-corrected chi connectivity index (χ2v) is 6.41. The molecule has 1 aliphatic heterocycles. The van der Waals surface area contributed by atoms with Gasteiger partial charge in [0.15, 0.2) is 5.78 Å². The smallest absolute Gasteiger partial charge is 0.160 e. The topological polar surface area (TPSA) is 17.1 Å². The average molecular weight is 248 g/mol. The highest BCUT2D eigenvalue weighted by Crippen LogP contribution is 2.53. The molecule has 0 aromatic heterocycles. The summed E-state index contributed by atoms with van der Waals surface area (Å²) in [6.07, 6.45) is 3.96. The number of allylic oxidation sites excluding steroid dienone is 1. The maximum atomic E-state index is 11.8. The van der Waals surface area contributed by atoms with E-state index >= 15 is 0 Å². The van der Waals surface area contributed by atoms with Gasteiger partial charge in [0.25, 0.3) is 0 Å². The molecule has 0 N–H and O–H groups in total. The first-order valence-corrected chi connectivity index (χ1v) is 7.19. The molecule has 0 radical (unpaired) electrons. The number of hydrogen-bond acceptors (Lipinski definition) is 3. The quantitative estimate of drug-likeness (QED) is 0.639. The van der Waals surface area contributed by atoms with E-state index in [1.165, 1.54) is 20.4 Å². The monoisotopic (exact) mass is 248 g/mol. The van der Waals surface area contributed by atoms with Crippen LogP contribution in [0.3, 0.4) is 0 Å². The minimum atomic E-state index is 0.369. The maximum Gasteiger partial charge on any atom is 0.160 e. The molecule has 1 aliphatic carbocycles. The Kier molecular flexibility index (Phi) is 2.82. The first-order valence-electron chi connectivity index (χ1n) is 5.56. The zero-order valence-corrected chi connectivity index (χ0v) is 10.5. The third-order valence-corrected chi connectivity index (χ3v) is 5.56. The van der Waals surface area contributed by atoms with E-state index in [-0.39, 0.29) is 0 Å². The number of carbonyl (C=O) groups is 1. The number of ketones is 1. The highest BCUT2D eigenvalue weighted by Gasteiger charge is 2.25. The molecular formula is C13H12OS2. The zero-order valence-electron chi connectivity index (χ0n) is 8.86. The fourth-order valence-corrected chi connectivity index (χ4v) is 4.72. The van der Waals surface area contributed by atoms with Crippen molar-refractivity contribution in [3.63, 3.8) is 0 Å². The summed E-state index contributed by atoms with van der Waals surface area (Å²) in [5.41, 5.74) is 1.08. The number of benzene rings is 1. The standard InChI is InChI=1S/C13H12OS2/c14-10-6-2-1-5-9(10)13-15-11-7-3-4-8-12(11)16-13/h3-4,7-8H,1-2,5-6H2. The zero-order chi connectivity index (χ0) is 11.0. The Hall–Kier alpha value is -0.670. The van der Waals surface area contributed by atoms with Crippen LogP contribution in [0.1, 0.15) is 25.7 Å². The highest BCUT2D eigenvalue weighted by atomic mass is 32.2. The summed E-state index contributed by atoms with van der Waals surface area (Å²) >= 11 is 3.54. The summed E-state index contributed by atoms with van der Waals surface area (Å²) in [6.45, 7) is 0. The largest absolute Gasteiger partial charge is 0.294 e. The van der Waals surface area contributed by atoms with E-state index < -0.39 is 0 Å². The van der Waals surface area contributed by atoms with Gasteiger partial charge in [-0.1, -0.05) is 35.7 Å². The number of carbonyl (C=O) groups excluding carboxylic acids is 1. The van der Waals surface area contributed by atoms with Gasteiger partial charge in [-0.05, 0) is 31.4 Å². The van der Waals surface area contributed by atoms with Gasteiger partial charge in [0.05, 0.1) is 4.24 Å². The molecule has 1 fully saturated rings. The molecule has 0 spiro atoms. The predicted molar refractivity (Wildman–Crippen MR) is 68.7 cm³/mol. The highest BCUT2D eigenvalue weighted by molar-refractivity contribution is 8.24. The second kappa shape index (κ2) is 4.30. The molecule has 0 amide bonds.